The Morgan fingerprint density at radius 3 is 2.64 bits per heavy atom. The summed E-state index contributed by atoms with van der Waals surface area (Å²) in [7, 11) is -1.55. The molecular weight excluding hydrogens is 302 g/mol. The summed E-state index contributed by atoms with van der Waals surface area (Å²) >= 11 is 0. The van der Waals surface area contributed by atoms with Crippen molar-refractivity contribution >= 4 is 33.5 Å². The van der Waals surface area contributed by atoms with E-state index in [1.54, 1.807) is 30.6 Å². The summed E-state index contributed by atoms with van der Waals surface area (Å²) in [5.41, 5.74) is 1.34. The maximum Gasteiger partial charge on any atom is 0.335 e. The predicted molar refractivity (Wildman–Crippen MR) is 83.0 cm³/mol. The average molecular weight is 313 g/mol. The highest BCUT2D eigenvalue weighted by atomic mass is 32.2. The minimum absolute atomic E-state index is 0.171. The van der Waals surface area contributed by atoms with Crippen molar-refractivity contribution in [1.29, 1.82) is 0 Å². The lowest BCUT2D eigenvalue weighted by atomic mass is 10.2. The smallest absolute Gasteiger partial charge is 0.335 e. The van der Waals surface area contributed by atoms with Crippen LogP contribution in [0.15, 0.2) is 59.9 Å². The van der Waals surface area contributed by atoms with Gasteiger partial charge in [-0.25, -0.2) is 9.00 Å². The van der Waals surface area contributed by atoms with E-state index in [1.807, 2.05) is 6.07 Å². The Hall–Kier alpha value is -2.80. The standard InChI is InChI=1S/C15H11N3O3S/c19-15(20)10-3-5-12(6-4-10)18-22(21)13-9-16-8-11-2-1-7-17-14(11)13/h1-9,18H,(H,19,20). The van der Waals surface area contributed by atoms with E-state index < -0.39 is 17.0 Å². The summed E-state index contributed by atoms with van der Waals surface area (Å²) in [5, 5.41) is 9.66. The largest absolute Gasteiger partial charge is 0.478 e. The molecule has 110 valence electrons. The zero-order chi connectivity index (χ0) is 15.5. The summed E-state index contributed by atoms with van der Waals surface area (Å²) in [6.07, 6.45) is 4.79. The number of hydrogen-bond acceptors (Lipinski definition) is 4. The number of fused-ring (bicyclic) bond motifs is 1. The summed E-state index contributed by atoms with van der Waals surface area (Å²) in [5.74, 6) is -1.00. The molecule has 7 heteroatoms. The number of aromatic nitrogens is 2. The molecule has 1 atom stereocenters. The Balaban J connectivity index is 1.89. The molecular formula is C15H11N3O3S. The van der Waals surface area contributed by atoms with Gasteiger partial charge in [0.15, 0.2) is 11.0 Å². The fourth-order valence-corrected chi connectivity index (χ4v) is 2.92. The Bertz CT molecular complexity index is 860. The summed E-state index contributed by atoms with van der Waals surface area (Å²) < 4.78 is 15.3. The number of pyridine rings is 2. The van der Waals surface area contributed by atoms with Gasteiger partial charge in [-0.1, -0.05) is 0 Å². The fourth-order valence-electron chi connectivity index (χ4n) is 1.95. The molecule has 3 aromatic rings. The number of carbonyl (C=O) groups is 1. The van der Waals surface area contributed by atoms with Crippen LogP contribution in [0.4, 0.5) is 5.69 Å². The van der Waals surface area contributed by atoms with Crippen LogP contribution in [0, 0.1) is 0 Å². The fraction of sp³-hybridized carbons (Fsp3) is 0. The molecule has 0 aliphatic rings. The Morgan fingerprint density at radius 2 is 1.91 bits per heavy atom. The molecule has 3 rings (SSSR count). The van der Waals surface area contributed by atoms with Gasteiger partial charge in [0.25, 0.3) is 0 Å². The number of carboxylic acids is 1. The van der Waals surface area contributed by atoms with Crippen LogP contribution in [0.1, 0.15) is 10.4 Å². The number of nitrogens with one attached hydrogen (secondary N) is 1. The van der Waals surface area contributed by atoms with Gasteiger partial charge in [-0.05, 0) is 36.4 Å². The van der Waals surface area contributed by atoms with Gasteiger partial charge in [-0.3, -0.25) is 9.97 Å². The van der Waals surface area contributed by atoms with E-state index in [9.17, 15) is 9.00 Å². The van der Waals surface area contributed by atoms with Crippen LogP contribution in [-0.4, -0.2) is 25.3 Å². The SMILES string of the molecule is O=C(O)c1ccc(NS(=O)c2cncc3cccnc23)cc1. The van der Waals surface area contributed by atoms with Gasteiger partial charge in [0.2, 0.25) is 0 Å². The Labute approximate surface area is 128 Å². The van der Waals surface area contributed by atoms with Gasteiger partial charge in [-0.15, -0.1) is 0 Å². The van der Waals surface area contributed by atoms with Crippen molar-refractivity contribution in [2.45, 2.75) is 4.90 Å². The van der Waals surface area contributed by atoms with Crippen molar-refractivity contribution in [3.8, 4) is 0 Å². The number of rotatable bonds is 4. The van der Waals surface area contributed by atoms with Crippen molar-refractivity contribution in [1.82, 2.24) is 9.97 Å². The van der Waals surface area contributed by atoms with Gasteiger partial charge >= 0.3 is 5.97 Å². The average Bonchev–Trinajstić information content (AvgIpc) is 2.54. The number of benzene rings is 1. The second-order valence-electron chi connectivity index (χ2n) is 4.47. The maximum atomic E-state index is 12.5. The topological polar surface area (TPSA) is 92.2 Å². The third-order valence-electron chi connectivity index (χ3n) is 3.02. The van der Waals surface area contributed by atoms with Crippen molar-refractivity contribution < 1.29 is 14.1 Å². The van der Waals surface area contributed by atoms with Crippen molar-refractivity contribution in [2.24, 2.45) is 0 Å². The molecule has 0 amide bonds. The third-order valence-corrected chi connectivity index (χ3v) is 4.14. The third kappa shape index (κ3) is 2.79. The molecule has 2 heterocycles. The van der Waals surface area contributed by atoms with Gasteiger partial charge < -0.3 is 9.83 Å². The second kappa shape index (κ2) is 5.90. The molecule has 0 saturated heterocycles. The molecule has 0 fully saturated rings. The van der Waals surface area contributed by atoms with E-state index in [4.69, 9.17) is 5.11 Å². The number of carboxylic acid groups (broad SMARTS) is 1. The number of nitrogens with zero attached hydrogens (tertiary/aromatic N) is 2. The van der Waals surface area contributed by atoms with Crippen LogP contribution in [-0.2, 0) is 11.0 Å². The van der Waals surface area contributed by atoms with Crippen LogP contribution in [0.2, 0.25) is 0 Å². The number of anilines is 1. The monoisotopic (exact) mass is 313 g/mol. The molecule has 0 saturated carbocycles. The van der Waals surface area contributed by atoms with Crippen molar-refractivity contribution in [3.63, 3.8) is 0 Å². The van der Waals surface area contributed by atoms with E-state index in [0.29, 0.717) is 16.1 Å². The molecule has 0 spiro atoms. The highest BCUT2D eigenvalue weighted by molar-refractivity contribution is 7.86. The normalized spacial score (nSPS) is 12.0. The van der Waals surface area contributed by atoms with Crippen molar-refractivity contribution in [3.05, 3.63) is 60.6 Å². The van der Waals surface area contributed by atoms with E-state index in [2.05, 4.69) is 14.7 Å². The Kier molecular flexibility index (Phi) is 3.80. The highest BCUT2D eigenvalue weighted by Gasteiger charge is 2.11. The zero-order valence-electron chi connectivity index (χ0n) is 11.3. The molecule has 0 aliphatic heterocycles. The van der Waals surface area contributed by atoms with E-state index in [-0.39, 0.29) is 5.56 Å². The lowest BCUT2D eigenvalue weighted by Crippen LogP contribution is -2.06. The lowest BCUT2D eigenvalue weighted by Gasteiger charge is -2.08. The predicted octanol–water partition coefficient (Wildman–Crippen LogP) is 2.46. The first-order valence-corrected chi connectivity index (χ1v) is 7.50. The molecule has 22 heavy (non-hydrogen) atoms. The van der Waals surface area contributed by atoms with E-state index in [1.165, 1.54) is 18.3 Å². The Morgan fingerprint density at radius 1 is 1.14 bits per heavy atom. The molecule has 0 aliphatic carbocycles. The van der Waals surface area contributed by atoms with Crippen LogP contribution in [0.25, 0.3) is 10.9 Å². The van der Waals surface area contributed by atoms with E-state index in [0.717, 1.165) is 5.39 Å². The quantitative estimate of drug-likeness (QED) is 0.772. The van der Waals surface area contributed by atoms with Gasteiger partial charge in [-0.2, -0.15) is 0 Å². The van der Waals surface area contributed by atoms with Crippen LogP contribution in [0.5, 0.6) is 0 Å². The summed E-state index contributed by atoms with van der Waals surface area (Å²) in [6, 6.07) is 9.65. The van der Waals surface area contributed by atoms with Crippen LogP contribution in [0.3, 0.4) is 0 Å². The first kappa shape index (κ1) is 14.2. The van der Waals surface area contributed by atoms with Gasteiger partial charge in [0.05, 0.1) is 11.1 Å². The van der Waals surface area contributed by atoms with Crippen LogP contribution >= 0.6 is 0 Å². The molecule has 2 N–H and O–H groups in total. The maximum absolute atomic E-state index is 12.5. The van der Waals surface area contributed by atoms with Gasteiger partial charge in [0, 0.05) is 29.7 Å². The molecule has 0 bridgehead atoms. The molecule has 6 nitrogen and oxygen atoms in total. The van der Waals surface area contributed by atoms with E-state index >= 15 is 0 Å². The summed E-state index contributed by atoms with van der Waals surface area (Å²) in [6.45, 7) is 0. The molecule has 2 aromatic heterocycles. The highest BCUT2D eigenvalue weighted by Crippen LogP contribution is 2.19. The number of aromatic carboxylic acids is 1. The minimum atomic E-state index is -1.55. The van der Waals surface area contributed by atoms with Crippen LogP contribution < -0.4 is 4.72 Å². The molecule has 1 unspecified atom stereocenters. The minimum Gasteiger partial charge on any atom is -0.478 e. The second-order valence-corrected chi connectivity index (χ2v) is 5.65. The summed E-state index contributed by atoms with van der Waals surface area (Å²) in [4.78, 5) is 19.6. The molecule has 1 aromatic carbocycles. The lowest BCUT2D eigenvalue weighted by molar-refractivity contribution is 0.0697. The molecule has 0 radical (unpaired) electrons. The zero-order valence-corrected chi connectivity index (χ0v) is 12.1. The van der Waals surface area contributed by atoms with Gasteiger partial charge in [0.1, 0.15) is 4.90 Å². The first-order chi connectivity index (χ1) is 10.6. The van der Waals surface area contributed by atoms with Crippen molar-refractivity contribution in [2.75, 3.05) is 4.72 Å². The first-order valence-electron chi connectivity index (χ1n) is 6.35. The number of hydrogen-bond donors (Lipinski definition) is 2.